The predicted molar refractivity (Wildman–Crippen MR) is 74.5 cm³/mol. The zero-order valence-electron chi connectivity index (χ0n) is 11.5. The molecule has 0 aliphatic heterocycles. The van der Waals surface area contributed by atoms with E-state index in [0.717, 1.165) is 11.1 Å². The van der Waals surface area contributed by atoms with Crippen molar-refractivity contribution in [2.45, 2.75) is 13.8 Å². The van der Waals surface area contributed by atoms with Crippen LogP contribution in [0.4, 0.5) is 5.69 Å². The van der Waals surface area contributed by atoms with Crippen molar-refractivity contribution in [3.8, 4) is 11.3 Å². The Hall–Kier alpha value is -2.56. The highest BCUT2D eigenvalue weighted by molar-refractivity contribution is 5.99. The van der Waals surface area contributed by atoms with Crippen molar-refractivity contribution in [3.05, 3.63) is 41.7 Å². The maximum atomic E-state index is 11.7. The second kappa shape index (κ2) is 5.61. The fourth-order valence-corrected chi connectivity index (χ4v) is 1.90. The van der Waals surface area contributed by atoms with Crippen LogP contribution in [0.1, 0.15) is 23.0 Å². The molecule has 1 N–H and O–H groups in total. The Morgan fingerprint density at radius 2 is 1.95 bits per heavy atom. The zero-order chi connectivity index (χ0) is 14.7. The van der Waals surface area contributed by atoms with Gasteiger partial charge in [-0.2, -0.15) is 0 Å². The largest absolute Gasteiger partial charge is 0.463 e. The highest BCUT2D eigenvalue weighted by Gasteiger charge is 2.21. The lowest BCUT2D eigenvalue weighted by Crippen LogP contribution is -2.09. The number of rotatable bonds is 3. The van der Waals surface area contributed by atoms with Crippen LogP contribution in [0.3, 0.4) is 0 Å². The van der Waals surface area contributed by atoms with Gasteiger partial charge in [-0.25, -0.2) is 4.79 Å². The van der Waals surface area contributed by atoms with E-state index in [0.29, 0.717) is 11.4 Å². The lowest BCUT2D eigenvalue weighted by Gasteiger charge is -2.01. The Morgan fingerprint density at radius 3 is 2.55 bits per heavy atom. The first-order valence-electron chi connectivity index (χ1n) is 6.08. The molecule has 0 unspecified atom stereocenters. The van der Waals surface area contributed by atoms with Crippen LogP contribution < -0.4 is 5.32 Å². The first kappa shape index (κ1) is 13.9. The number of hydrogen-bond acceptors (Lipinski definition) is 4. The van der Waals surface area contributed by atoms with Crippen molar-refractivity contribution < 1.29 is 18.7 Å². The van der Waals surface area contributed by atoms with Crippen molar-refractivity contribution >= 4 is 17.6 Å². The van der Waals surface area contributed by atoms with E-state index in [4.69, 9.17) is 4.42 Å². The van der Waals surface area contributed by atoms with E-state index < -0.39 is 5.97 Å². The second-order valence-electron chi connectivity index (χ2n) is 4.34. The normalized spacial score (nSPS) is 10.2. The molecule has 0 fully saturated rings. The molecular formula is C15H15NO4. The minimum absolute atomic E-state index is 0.0130. The monoisotopic (exact) mass is 273 g/mol. The summed E-state index contributed by atoms with van der Waals surface area (Å²) in [5.74, 6) is -0.422. The summed E-state index contributed by atoms with van der Waals surface area (Å²) >= 11 is 0. The Bertz CT molecular complexity index is 658. The Balaban J connectivity index is 2.51. The van der Waals surface area contributed by atoms with Crippen molar-refractivity contribution in [2.24, 2.45) is 0 Å². The second-order valence-corrected chi connectivity index (χ2v) is 4.34. The van der Waals surface area contributed by atoms with Gasteiger partial charge < -0.3 is 14.5 Å². The summed E-state index contributed by atoms with van der Waals surface area (Å²) in [6.45, 7) is 3.30. The Kier molecular flexibility index (Phi) is 3.89. The van der Waals surface area contributed by atoms with Crippen LogP contribution in [0, 0.1) is 6.92 Å². The number of esters is 1. The van der Waals surface area contributed by atoms with Gasteiger partial charge in [0.1, 0.15) is 5.76 Å². The van der Waals surface area contributed by atoms with Crippen molar-refractivity contribution in [3.63, 3.8) is 0 Å². The minimum atomic E-state index is -0.631. The van der Waals surface area contributed by atoms with Crippen LogP contribution in [0.25, 0.3) is 11.3 Å². The summed E-state index contributed by atoms with van der Waals surface area (Å²) in [5, 5.41) is 2.56. The van der Waals surface area contributed by atoms with Crippen LogP contribution >= 0.6 is 0 Å². The number of nitrogens with one attached hydrogen (secondary N) is 1. The topological polar surface area (TPSA) is 68.5 Å². The fourth-order valence-electron chi connectivity index (χ4n) is 1.90. The molecule has 2 rings (SSSR count). The van der Waals surface area contributed by atoms with E-state index in [1.807, 2.05) is 31.2 Å². The van der Waals surface area contributed by atoms with Gasteiger partial charge in [-0.05, 0) is 12.5 Å². The van der Waals surface area contributed by atoms with E-state index in [1.165, 1.54) is 14.0 Å². The van der Waals surface area contributed by atoms with Gasteiger partial charge in [0, 0.05) is 18.6 Å². The number of carbonyl (C=O) groups excluding carboxylic acids is 2. The van der Waals surface area contributed by atoms with E-state index in [2.05, 4.69) is 10.1 Å². The molecule has 2 aromatic rings. The van der Waals surface area contributed by atoms with E-state index in [-0.39, 0.29) is 11.7 Å². The molecule has 5 nitrogen and oxygen atoms in total. The molecule has 0 atom stereocenters. The molecule has 0 aliphatic rings. The molecule has 1 aromatic heterocycles. The Morgan fingerprint density at radius 1 is 1.25 bits per heavy atom. The first-order chi connectivity index (χ1) is 9.52. The standard InChI is InChI=1S/C15H15NO4/c1-9-6-4-5-7-11(9)13-8-12(16-10(2)17)14(20-13)15(18)19-3/h4-8H,1-3H3,(H,16,17). The zero-order valence-corrected chi connectivity index (χ0v) is 11.5. The number of carbonyl (C=O) groups is 2. The molecule has 5 heteroatoms. The van der Waals surface area contributed by atoms with Crippen LogP contribution in [0.2, 0.25) is 0 Å². The van der Waals surface area contributed by atoms with Crippen LogP contribution in [0.15, 0.2) is 34.7 Å². The average molecular weight is 273 g/mol. The van der Waals surface area contributed by atoms with E-state index in [9.17, 15) is 9.59 Å². The van der Waals surface area contributed by atoms with Gasteiger partial charge in [0.25, 0.3) is 0 Å². The molecule has 0 spiro atoms. The molecule has 0 radical (unpaired) electrons. The van der Waals surface area contributed by atoms with Crippen molar-refractivity contribution in [2.75, 3.05) is 12.4 Å². The molecule has 1 heterocycles. The van der Waals surface area contributed by atoms with Gasteiger partial charge in [0.05, 0.1) is 12.8 Å². The fraction of sp³-hybridized carbons (Fsp3) is 0.200. The minimum Gasteiger partial charge on any atom is -0.463 e. The van der Waals surface area contributed by atoms with E-state index in [1.54, 1.807) is 6.07 Å². The molecule has 1 aromatic carbocycles. The van der Waals surface area contributed by atoms with Crippen LogP contribution in [-0.2, 0) is 9.53 Å². The number of hydrogen-bond donors (Lipinski definition) is 1. The number of benzene rings is 1. The summed E-state index contributed by atoms with van der Waals surface area (Å²) in [4.78, 5) is 22.9. The first-order valence-corrected chi connectivity index (χ1v) is 6.08. The third-order valence-corrected chi connectivity index (χ3v) is 2.82. The molecular weight excluding hydrogens is 258 g/mol. The van der Waals surface area contributed by atoms with Crippen LogP contribution in [-0.4, -0.2) is 19.0 Å². The molecule has 1 amide bonds. The van der Waals surface area contributed by atoms with E-state index >= 15 is 0 Å². The average Bonchev–Trinajstić information content (AvgIpc) is 2.81. The smallest absolute Gasteiger partial charge is 0.376 e. The van der Waals surface area contributed by atoms with Gasteiger partial charge in [-0.1, -0.05) is 24.3 Å². The third-order valence-electron chi connectivity index (χ3n) is 2.82. The lowest BCUT2D eigenvalue weighted by atomic mass is 10.1. The number of ether oxygens (including phenoxy) is 1. The maximum absolute atomic E-state index is 11.7. The molecule has 0 saturated heterocycles. The maximum Gasteiger partial charge on any atom is 0.376 e. The third kappa shape index (κ3) is 2.71. The van der Waals surface area contributed by atoms with Crippen LogP contribution in [0.5, 0.6) is 0 Å². The number of anilines is 1. The summed E-state index contributed by atoms with van der Waals surface area (Å²) in [6, 6.07) is 9.23. The highest BCUT2D eigenvalue weighted by Crippen LogP contribution is 2.31. The number of aryl methyl sites for hydroxylation is 1. The van der Waals surface area contributed by atoms with Gasteiger partial charge in [0.2, 0.25) is 11.7 Å². The summed E-state index contributed by atoms with van der Waals surface area (Å²) in [7, 11) is 1.26. The molecule has 104 valence electrons. The Labute approximate surface area is 116 Å². The number of furan rings is 1. The lowest BCUT2D eigenvalue weighted by molar-refractivity contribution is -0.114. The SMILES string of the molecule is COC(=O)c1oc(-c2ccccc2C)cc1NC(C)=O. The van der Waals surface area contributed by atoms with Crippen molar-refractivity contribution in [1.82, 2.24) is 0 Å². The molecule has 0 aliphatic carbocycles. The highest BCUT2D eigenvalue weighted by atomic mass is 16.5. The molecule has 20 heavy (non-hydrogen) atoms. The van der Waals surface area contributed by atoms with Gasteiger partial charge in [-0.3, -0.25) is 4.79 Å². The predicted octanol–water partition coefficient (Wildman–Crippen LogP) is 3.00. The summed E-state index contributed by atoms with van der Waals surface area (Å²) in [6.07, 6.45) is 0. The van der Waals surface area contributed by atoms with Gasteiger partial charge >= 0.3 is 5.97 Å². The number of methoxy groups -OCH3 is 1. The quantitative estimate of drug-likeness (QED) is 0.873. The number of amides is 1. The molecule has 0 bridgehead atoms. The summed E-state index contributed by atoms with van der Waals surface area (Å²) in [5.41, 5.74) is 2.17. The molecule has 0 saturated carbocycles. The van der Waals surface area contributed by atoms with Crippen molar-refractivity contribution in [1.29, 1.82) is 0 Å². The summed E-state index contributed by atoms with van der Waals surface area (Å²) < 4.78 is 10.2. The van der Waals surface area contributed by atoms with Gasteiger partial charge in [-0.15, -0.1) is 0 Å². The van der Waals surface area contributed by atoms with Gasteiger partial charge in [0.15, 0.2) is 0 Å².